The van der Waals surface area contributed by atoms with Gasteiger partial charge in [-0.15, -0.1) is 5.10 Å². The smallest absolute Gasteiger partial charge is 0.163 e. The molecule has 0 aliphatic heterocycles. The number of carbonyl (C=O) groups is 1. The Hall–Kier alpha value is -2.57. The Kier molecular flexibility index (Phi) is 6.15. The Labute approximate surface area is 175 Å². The molecule has 0 saturated heterocycles. The van der Waals surface area contributed by atoms with Crippen LogP contribution in [0, 0.1) is 5.41 Å². The fourth-order valence-electron chi connectivity index (χ4n) is 3.03. The molecular formula is C22H25ClN4O2. The number of hydrogen-bond acceptors (Lipinski definition) is 5. The number of aliphatic hydroxyl groups excluding tert-OH is 1. The summed E-state index contributed by atoms with van der Waals surface area (Å²) in [6, 6.07) is 13.1. The molecule has 0 aliphatic carbocycles. The minimum absolute atomic E-state index is 0.0414. The van der Waals surface area contributed by atoms with Gasteiger partial charge in [0.15, 0.2) is 11.6 Å². The van der Waals surface area contributed by atoms with Crippen LogP contribution in [0.25, 0.3) is 16.8 Å². The van der Waals surface area contributed by atoms with Crippen molar-refractivity contribution in [2.45, 2.75) is 40.0 Å². The highest BCUT2D eigenvalue weighted by atomic mass is 35.5. The first kappa shape index (κ1) is 21.1. The van der Waals surface area contributed by atoms with Crippen molar-refractivity contribution in [1.29, 1.82) is 0 Å². The average Bonchev–Trinajstić information content (AvgIpc) is 3.18. The lowest BCUT2D eigenvalue weighted by atomic mass is 9.86. The summed E-state index contributed by atoms with van der Waals surface area (Å²) in [6.45, 7) is 7.70. The molecule has 1 heterocycles. The van der Waals surface area contributed by atoms with E-state index < -0.39 is 5.41 Å². The fourth-order valence-corrected chi connectivity index (χ4v) is 3.16. The van der Waals surface area contributed by atoms with E-state index in [9.17, 15) is 9.90 Å². The lowest BCUT2D eigenvalue weighted by molar-refractivity contribution is 0.0858. The van der Waals surface area contributed by atoms with Crippen LogP contribution in [0.15, 0.2) is 42.5 Å². The molecule has 0 saturated carbocycles. The Morgan fingerprint density at radius 1 is 1.14 bits per heavy atom. The van der Waals surface area contributed by atoms with E-state index in [0.29, 0.717) is 16.4 Å². The van der Waals surface area contributed by atoms with Gasteiger partial charge in [0.05, 0.1) is 5.69 Å². The molecule has 6 nitrogen and oxygen atoms in total. The van der Waals surface area contributed by atoms with Crippen molar-refractivity contribution in [2.24, 2.45) is 5.41 Å². The number of tetrazole rings is 1. The van der Waals surface area contributed by atoms with Gasteiger partial charge in [0.25, 0.3) is 0 Å². The summed E-state index contributed by atoms with van der Waals surface area (Å²) in [5, 5.41) is 22.3. The first-order valence-corrected chi connectivity index (χ1v) is 9.92. The minimum Gasteiger partial charge on any atom is -0.396 e. The largest absolute Gasteiger partial charge is 0.396 e. The molecule has 2 aromatic carbocycles. The molecule has 152 valence electrons. The third-order valence-electron chi connectivity index (χ3n) is 4.74. The lowest BCUT2D eigenvalue weighted by Gasteiger charge is -2.21. The molecule has 0 spiro atoms. The molecule has 7 heteroatoms. The summed E-state index contributed by atoms with van der Waals surface area (Å²) in [4.78, 5) is 13.0. The first-order valence-electron chi connectivity index (χ1n) is 9.54. The zero-order valence-electron chi connectivity index (χ0n) is 17.1. The number of aliphatic hydroxyl groups is 1. The Balaban J connectivity index is 2.13. The number of nitrogens with zero attached hydrogens (tertiary/aromatic N) is 4. The maximum absolute atomic E-state index is 13.0. The normalized spacial score (nSPS) is 11.8. The van der Waals surface area contributed by atoms with Crippen LogP contribution in [-0.4, -0.2) is 37.7 Å². The molecule has 0 bridgehead atoms. The van der Waals surface area contributed by atoms with Crippen LogP contribution in [0.5, 0.6) is 0 Å². The van der Waals surface area contributed by atoms with Gasteiger partial charge in [-0.1, -0.05) is 51.4 Å². The number of halogens is 1. The fraction of sp³-hybridized carbons (Fsp3) is 0.364. The van der Waals surface area contributed by atoms with E-state index in [2.05, 4.69) is 15.5 Å². The third kappa shape index (κ3) is 4.89. The Morgan fingerprint density at radius 3 is 2.45 bits per heavy atom. The molecule has 1 N–H and O–H groups in total. The minimum atomic E-state index is -0.495. The van der Waals surface area contributed by atoms with E-state index in [-0.39, 0.29) is 24.7 Å². The van der Waals surface area contributed by atoms with Gasteiger partial charge in [0.2, 0.25) is 0 Å². The highest BCUT2D eigenvalue weighted by Gasteiger charge is 2.23. The number of aromatic nitrogens is 4. The van der Waals surface area contributed by atoms with Crippen molar-refractivity contribution in [3.8, 4) is 16.8 Å². The van der Waals surface area contributed by atoms with Crippen LogP contribution in [0.2, 0.25) is 5.02 Å². The highest BCUT2D eigenvalue weighted by molar-refractivity contribution is 6.30. The molecule has 0 atom stereocenters. The molecule has 29 heavy (non-hydrogen) atoms. The standard InChI is InChI=1S/C22H25ClN4O2/c1-14(2)21-24-25-26-27(21)19-10-16(15-5-7-18(23)8-6-15)9-17(11-19)20(29)12-22(3,4)13-28/h5-11,14,28H,12-13H2,1-4H3. The van der Waals surface area contributed by atoms with Gasteiger partial charge in [-0.05, 0) is 57.3 Å². The number of Topliss-reactive ketones (excluding diaryl/α,β-unsaturated/α-hetero) is 1. The van der Waals surface area contributed by atoms with Crippen LogP contribution in [-0.2, 0) is 0 Å². The summed E-state index contributed by atoms with van der Waals surface area (Å²) < 4.78 is 1.66. The molecule has 0 aliphatic rings. The second-order valence-corrected chi connectivity index (χ2v) is 8.74. The van der Waals surface area contributed by atoms with Gasteiger partial charge < -0.3 is 5.11 Å². The van der Waals surface area contributed by atoms with E-state index >= 15 is 0 Å². The van der Waals surface area contributed by atoms with Crippen molar-refractivity contribution in [3.63, 3.8) is 0 Å². The van der Waals surface area contributed by atoms with Gasteiger partial charge in [-0.25, -0.2) is 0 Å². The van der Waals surface area contributed by atoms with Gasteiger partial charge in [0, 0.05) is 29.5 Å². The third-order valence-corrected chi connectivity index (χ3v) is 4.99. The van der Waals surface area contributed by atoms with Crippen molar-refractivity contribution >= 4 is 17.4 Å². The van der Waals surface area contributed by atoms with Crippen LogP contribution in [0.4, 0.5) is 0 Å². The molecule has 0 radical (unpaired) electrons. The van der Waals surface area contributed by atoms with Gasteiger partial charge in [-0.2, -0.15) is 4.68 Å². The van der Waals surface area contributed by atoms with Gasteiger partial charge >= 0.3 is 0 Å². The van der Waals surface area contributed by atoms with Gasteiger partial charge in [-0.3, -0.25) is 4.79 Å². The average molecular weight is 413 g/mol. The van der Waals surface area contributed by atoms with Crippen molar-refractivity contribution in [1.82, 2.24) is 20.2 Å². The summed E-state index contributed by atoms with van der Waals surface area (Å²) in [6.07, 6.45) is 0.236. The van der Waals surface area contributed by atoms with Crippen molar-refractivity contribution < 1.29 is 9.90 Å². The topological polar surface area (TPSA) is 80.9 Å². The zero-order valence-corrected chi connectivity index (χ0v) is 17.8. The lowest BCUT2D eigenvalue weighted by Crippen LogP contribution is -2.21. The molecule has 1 aromatic heterocycles. The van der Waals surface area contributed by atoms with E-state index in [1.165, 1.54) is 0 Å². The predicted octanol–water partition coefficient (Wildman–Crippen LogP) is 4.70. The van der Waals surface area contributed by atoms with Gasteiger partial charge in [0.1, 0.15) is 0 Å². The SMILES string of the molecule is CC(C)c1nnnn1-c1cc(C(=O)CC(C)(C)CO)cc(-c2ccc(Cl)cc2)c1. The number of rotatable bonds is 7. The summed E-state index contributed by atoms with van der Waals surface area (Å²) in [5.74, 6) is 0.796. The van der Waals surface area contributed by atoms with E-state index in [1.807, 2.05) is 64.1 Å². The Morgan fingerprint density at radius 2 is 1.83 bits per heavy atom. The summed E-state index contributed by atoms with van der Waals surface area (Å²) in [7, 11) is 0. The second-order valence-electron chi connectivity index (χ2n) is 8.30. The quantitative estimate of drug-likeness (QED) is 0.569. The van der Waals surface area contributed by atoms with Crippen LogP contribution in [0.1, 0.15) is 56.2 Å². The van der Waals surface area contributed by atoms with E-state index in [4.69, 9.17) is 11.6 Å². The number of benzene rings is 2. The summed E-state index contributed by atoms with van der Waals surface area (Å²) in [5.41, 5.74) is 2.58. The van der Waals surface area contributed by atoms with Crippen LogP contribution >= 0.6 is 11.6 Å². The zero-order chi connectivity index (χ0) is 21.2. The van der Waals surface area contributed by atoms with Crippen molar-refractivity contribution in [2.75, 3.05) is 6.61 Å². The van der Waals surface area contributed by atoms with E-state index in [0.717, 1.165) is 16.8 Å². The van der Waals surface area contributed by atoms with E-state index in [1.54, 1.807) is 10.7 Å². The Bertz CT molecular complexity index is 1010. The molecule has 0 unspecified atom stereocenters. The number of ketones is 1. The maximum atomic E-state index is 13.0. The molecule has 3 aromatic rings. The van der Waals surface area contributed by atoms with Crippen LogP contribution < -0.4 is 0 Å². The molecule has 0 amide bonds. The maximum Gasteiger partial charge on any atom is 0.163 e. The predicted molar refractivity (Wildman–Crippen MR) is 114 cm³/mol. The summed E-state index contributed by atoms with van der Waals surface area (Å²) >= 11 is 6.03. The molecule has 0 fully saturated rings. The molecule has 3 rings (SSSR count). The monoisotopic (exact) mass is 412 g/mol. The number of carbonyl (C=O) groups excluding carboxylic acids is 1. The highest BCUT2D eigenvalue weighted by Crippen LogP contribution is 2.29. The molecular weight excluding hydrogens is 388 g/mol. The first-order chi connectivity index (χ1) is 13.7. The number of hydrogen-bond donors (Lipinski definition) is 1. The van der Waals surface area contributed by atoms with Crippen molar-refractivity contribution in [3.05, 3.63) is 58.9 Å². The second kappa shape index (κ2) is 8.43. The van der Waals surface area contributed by atoms with Crippen LogP contribution in [0.3, 0.4) is 0 Å².